The molecule has 158 valence electrons. The second-order valence-electron chi connectivity index (χ2n) is 6.54. The molecule has 0 heterocycles. The summed E-state index contributed by atoms with van der Waals surface area (Å²) in [5, 5.41) is 28.6. The van der Waals surface area contributed by atoms with Crippen molar-refractivity contribution in [3.8, 4) is 0 Å². The molecule has 0 atom stereocenters. The van der Waals surface area contributed by atoms with E-state index in [0.717, 1.165) is 18.2 Å². The van der Waals surface area contributed by atoms with E-state index >= 15 is 0 Å². The monoisotopic (exact) mass is 386 g/mol. The maximum Gasteiger partial charge on any atom is 0.0659 e. The number of nitrogens with two attached hydrogens (primary N) is 3. The number of allylic oxidation sites excluding steroid dienone is 3. The molecular weight excluding hydrogens is 354 g/mol. The van der Waals surface area contributed by atoms with Crippen molar-refractivity contribution in [3.05, 3.63) is 35.3 Å². The quantitative estimate of drug-likeness (QED) is 0.470. The van der Waals surface area contributed by atoms with E-state index in [-0.39, 0.29) is 17.1 Å². The Morgan fingerprint density at radius 1 is 0.704 bits per heavy atom. The molecule has 0 bridgehead atoms. The molecule has 0 aromatic rings. The van der Waals surface area contributed by atoms with Crippen molar-refractivity contribution in [3.63, 3.8) is 0 Å². The zero-order valence-corrected chi connectivity index (χ0v) is 17.1. The Morgan fingerprint density at radius 2 is 0.852 bits per heavy atom. The highest BCUT2D eigenvalue weighted by atomic mass is 16.4. The summed E-state index contributed by atoms with van der Waals surface area (Å²) in [5.41, 5.74) is 16.1. The van der Waals surface area contributed by atoms with Crippen molar-refractivity contribution in [1.29, 1.82) is 0 Å². The molecule has 0 aliphatic carbocycles. The highest BCUT2D eigenvalue weighted by Gasteiger charge is 2.03. The maximum atomic E-state index is 9.54. The molecule has 0 unspecified atom stereocenters. The third-order valence-electron chi connectivity index (χ3n) is 2.10. The average Bonchev–Trinajstić information content (AvgIpc) is 2.34. The lowest BCUT2D eigenvalue weighted by Gasteiger charge is -2.12. The first-order valence-corrected chi connectivity index (χ1v) is 7.88. The van der Waals surface area contributed by atoms with E-state index in [4.69, 9.17) is 17.2 Å². The van der Waals surface area contributed by atoms with E-state index < -0.39 is 17.9 Å². The summed E-state index contributed by atoms with van der Waals surface area (Å²) in [4.78, 5) is 28.6. The van der Waals surface area contributed by atoms with Gasteiger partial charge in [-0.05, 0) is 44.4 Å². The Hall–Kier alpha value is -2.97. The number of hydrogen-bond acceptors (Lipinski definition) is 9. The van der Waals surface area contributed by atoms with Crippen LogP contribution in [-0.4, -0.2) is 17.9 Å². The van der Waals surface area contributed by atoms with Crippen LogP contribution in [0.5, 0.6) is 0 Å². The Balaban J connectivity index is -0.000000131. The lowest BCUT2D eigenvalue weighted by molar-refractivity contribution is -0.298. The van der Waals surface area contributed by atoms with Crippen LogP contribution in [0.2, 0.25) is 0 Å². The minimum Gasteiger partial charge on any atom is -0.545 e. The predicted octanol–water partition coefficient (Wildman–Crippen LogP) is -1.76. The Bertz CT molecular complexity index is 465. The zero-order chi connectivity index (χ0) is 22.8. The van der Waals surface area contributed by atoms with Gasteiger partial charge < -0.3 is 46.9 Å². The third-order valence-corrected chi connectivity index (χ3v) is 2.10. The first-order valence-electron chi connectivity index (χ1n) is 7.88. The summed E-state index contributed by atoms with van der Waals surface area (Å²) in [7, 11) is 0. The van der Waals surface area contributed by atoms with Gasteiger partial charge in [0, 0.05) is 17.1 Å². The van der Waals surface area contributed by atoms with Crippen molar-refractivity contribution in [2.45, 2.75) is 54.9 Å². The Kier molecular flexibility index (Phi) is 21.0. The van der Waals surface area contributed by atoms with Gasteiger partial charge in [-0.15, -0.1) is 0 Å². The van der Waals surface area contributed by atoms with Crippen LogP contribution >= 0.6 is 0 Å². The standard InChI is InChI=1S/C6H14.3C4H7NO2/c1-5-6(2,3)4;3*1-3(5)2-4(6)7/h5H2,1-4H3;3*2H,5H2,1H3,(H,6,7)/p-3/b;3*3-2-. The van der Waals surface area contributed by atoms with Crippen LogP contribution in [0, 0.1) is 5.41 Å². The SMILES string of the molecule is C/C(N)=C/C(=O)[O-].C/C(N)=C/C(=O)[O-].C/C(N)=C/C(=O)[O-].CCC(C)(C)C. The van der Waals surface area contributed by atoms with E-state index in [1.54, 1.807) is 0 Å². The van der Waals surface area contributed by atoms with Gasteiger partial charge in [-0.1, -0.05) is 34.1 Å². The number of aliphatic carboxylic acids is 3. The third kappa shape index (κ3) is 70.4. The molecule has 0 spiro atoms. The predicted molar refractivity (Wildman–Crippen MR) is 98.6 cm³/mol. The fourth-order valence-corrected chi connectivity index (χ4v) is 0.558. The minimum absolute atomic E-state index is 0.250. The van der Waals surface area contributed by atoms with Crippen LogP contribution in [0.3, 0.4) is 0 Å². The summed E-state index contributed by atoms with van der Waals surface area (Å²) < 4.78 is 0. The molecule has 0 rings (SSSR count). The molecule has 9 nitrogen and oxygen atoms in total. The van der Waals surface area contributed by atoms with Crippen molar-refractivity contribution >= 4 is 17.9 Å². The summed E-state index contributed by atoms with van der Waals surface area (Å²) in [6.07, 6.45) is 3.77. The van der Waals surface area contributed by atoms with E-state index in [1.807, 2.05) is 0 Å². The summed E-state index contributed by atoms with van der Waals surface area (Å²) >= 11 is 0. The second-order valence-corrected chi connectivity index (χ2v) is 6.54. The number of rotatable bonds is 3. The van der Waals surface area contributed by atoms with Gasteiger partial charge in [0.2, 0.25) is 0 Å². The molecule has 9 heteroatoms. The van der Waals surface area contributed by atoms with Gasteiger partial charge in [0.1, 0.15) is 0 Å². The van der Waals surface area contributed by atoms with Crippen LogP contribution < -0.4 is 32.5 Å². The van der Waals surface area contributed by atoms with Crippen LogP contribution in [-0.2, 0) is 14.4 Å². The largest absolute Gasteiger partial charge is 0.545 e. The number of carbonyl (C=O) groups is 3. The molecule has 0 aliphatic heterocycles. The molecule has 0 fully saturated rings. The molecule has 27 heavy (non-hydrogen) atoms. The molecule has 0 amide bonds. The number of carboxylic acid groups (broad SMARTS) is 3. The highest BCUT2D eigenvalue weighted by molar-refractivity contribution is 5.78. The fraction of sp³-hybridized carbons (Fsp3) is 0.500. The van der Waals surface area contributed by atoms with Gasteiger partial charge in [-0.25, -0.2) is 0 Å². The number of carboxylic acids is 3. The smallest absolute Gasteiger partial charge is 0.0659 e. The lowest BCUT2D eigenvalue weighted by Crippen LogP contribution is -2.20. The van der Waals surface area contributed by atoms with Crippen molar-refractivity contribution in [2.75, 3.05) is 0 Å². The molecule has 0 saturated heterocycles. The van der Waals surface area contributed by atoms with Crippen LogP contribution in [0.25, 0.3) is 0 Å². The first-order chi connectivity index (χ1) is 11.9. The van der Waals surface area contributed by atoms with Gasteiger partial charge in [0.05, 0.1) is 17.9 Å². The zero-order valence-electron chi connectivity index (χ0n) is 17.1. The first kappa shape index (κ1) is 31.8. The van der Waals surface area contributed by atoms with Crippen molar-refractivity contribution in [2.24, 2.45) is 22.6 Å². The topological polar surface area (TPSA) is 198 Å². The molecule has 0 aromatic carbocycles. The minimum atomic E-state index is -1.25. The molecule has 0 aliphatic rings. The van der Waals surface area contributed by atoms with E-state index in [2.05, 4.69) is 27.7 Å². The number of hydrogen-bond donors (Lipinski definition) is 3. The normalized spacial score (nSPS) is 11.4. The average molecular weight is 386 g/mol. The summed E-state index contributed by atoms with van der Waals surface area (Å²) in [6.45, 7) is 13.4. The molecule has 0 radical (unpaired) electrons. The number of carbonyl (C=O) groups excluding carboxylic acids is 3. The lowest BCUT2D eigenvalue weighted by atomic mass is 9.94. The van der Waals surface area contributed by atoms with Crippen molar-refractivity contribution < 1.29 is 29.7 Å². The highest BCUT2D eigenvalue weighted by Crippen LogP contribution is 2.16. The van der Waals surface area contributed by atoms with Gasteiger partial charge in [-0.3, -0.25) is 0 Å². The summed E-state index contributed by atoms with van der Waals surface area (Å²) in [5.74, 6) is -3.75. The van der Waals surface area contributed by atoms with Gasteiger partial charge in [-0.2, -0.15) is 0 Å². The van der Waals surface area contributed by atoms with Crippen LogP contribution in [0.15, 0.2) is 35.3 Å². The van der Waals surface area contributed by atoms with Gasteiger partial charge >= 0.3 is 0 Å². The van der Waals surface area contributed by atoms with Gasteiger partial charge in [0.25, 0.3) is 0 Å². The Labute approximate surface area is 161 Å². The van der Waals surface area contributed by atoms with E-state index in [0.29, 0.717) is 5.41 Å². The van der Waals surface area contributed by atoms with Crippen LogP contribution in [0.1, 0.15) is 54.9 Å². The van der Waals surface area contributed by atoms with Gasteiger partial charge in [0.15, 0.2) is 0 Å². The molecular formula is C18H32N3O6-3. The van der Waals surface area contributed by atoms with E-state index in [9.17, 15) is 29.7 Å². The Morgan fingerprint density at radius 3 is 0.852 bits per heavy atom. The summed E-state index contributed by atoms with van der Waals surface area (Å²) in [6, 6.07) is 0. The maximum absolute atomic E-state index is 9.54. The second kappa shape index (κ2) is 17.8. The van der Waals surface area contributed by atoms with E-state index in [1.165, 1.54) is 27.2 Å². The van der Waals surface area contributed by atoms with Crippen LogP contribution in [0.4, 0.5) is 0 Å². The fourth-order valence-electron chi connectivity index (χ4n) is 0.558. The molecule has 0 saturated carbocycles. The molecule has 0 aromatic heterocycles. The van der Waals surface area contributed by atoms with Crippen molar-refractivity contribution in [1.82, 2.24) is 0 Å². The molecule has 6 N–H and O–H groups in total.